The van der Waals surface area contributed by atoms with Gasteiger partial charge in [0.25, 0.3) is 0 Å². The largest absolute Gasteiger partial charge is 0.461 e. The minimum absolute atomic E-state index is 0.167. The highest BCUT2D eigenvalue weighted by Gasteiger charge is 2.17. The molecule has 1 rings (SSSR count). The maximum absolute atomic E-state index is 12.4. The zero-order valence-corrected chi connectivity index (χ0v) is 15.4. The summed E-state index contributed by atoms with van der Waals surface area (Å²) in [6.45, 7) is 8.03. The van der Waals surface area contributed by atoms with Crippen LogP contribution >= 0.6 is 11.8 Å². The number of hydrogen-bond acceptors (Lipinski definition) is 5. The summed E-state index contributed by atoms with van der Waals surface area (Å²) in [5.41, 5.74) is 4.35. The molecule has 1 aromatic rings. The average molecular weight is 336 g/mol. The fourth-order valence-corrected chi connectivity index (χ4v) is 2.73. The standard InChI is InChI=1S/C17H24N2O3S/c1-7-22-17(21)16(23-6)18-19(5)15(20)10-14-12(3)8-11(2)9-13(14)4/h8-9H,7,10H2,1-6H3/b18-16+. The molecule has 0 fully saturated rings. The van der Waals surface area contributed by atoms with Crippen molar-refractivity contribution < 1.29 is 14.3 Å². The van der Waals surface area contributed by atoms with E-state index in [0.29, 0.717) is 0 Å². The number of hydrazone groups is 1. The minimum Gasteiger partial charge on any atom is -0.461 e. The molecule has 0 saturated heterocycles. The van der Waals surface area contributed by atoms with Crippen molar-refractivity contribution in [3.05, 3.63) is 34.4 Å². The van der Waals surface area contributed by atoms with E-state index in [9.17, 15) is 9.59 Å². The molecule has 0 bridgehead atoms. The Morgan fingerprint density at radius 1 is 1.22 bits per heavy atom. The average Bonchev–Trinajstić information content (AvgIpc) is 2.47. The van der Waals surface area contributed by atoms with E-state index in [1.54, 1.807) is 20.2 Å². The van der Waals surface area contributed by atoms with Crippen LogP contribution < -0.4 is 0 Å². The molecule has 126 valence electrons. The van der Waals surface area contributed by atoms with E-state index in [1.165, 1.54) is 10.6 Å². The van der Waals surface area contributed by atoms with E-state index in [4.69, 9.17) is 4.74 Å². The van der Waals surface area contributed by atoms with Gasteiger partial charge >= 0.3 is 5.97 Å². The summed E-state index contributed by atoms with van der Waals surface area (Å²) < 4.78 is 4.92. The monoisotopic (exact) mass is 336 g/mol. The number of amides is 1. The van der Waals surface area contributed by atoms with Crippen molar-refractivity contribution in [1.82, 2.24) is 5.01 Å². The second-order valence-corrected chi connectivity index (χ2v) is 6.10. The van der Waals surface area contributed by atoms with Crippen LogP contribution in [0.1, 0.15) is 29.2 Å². The highest BCUT2D eigenvalue weighted by atomic mass is 32.2. The molecule has 6 heteroatoms. The lowest BCUT2D eigenvalue weighted by molar-refractivity contribution is -0.134. The number of aryl methyl sites for hydroxylation is 3. The Balaban J connectivity index is 2.91. The van der Waals surface area contributed by atoms with Crippen LogP contribution in [-0.2, 0) is 20.7 Å². The van der Waals surface area contributed by atoms with Gasteiger partial charge < -0.3 is 4.74 Å². The molecular formula is C17H24N2O3S. The number of esters is 1. The van der Waals surface area contributed by atoms with Gasteiger partial charge in [-0.1, -0.05) is 17.7 Å². The van der Waals surface area contributed by atoms with Gasteiger partial charge in [-0.2, -0.15) is 5.10 Å². The van der Waals surface area contributed by atoms with E-state index in [1.807, 2.05) is 20.8 Å². The van der Waals surface area contributed by atoms with E-state index < -0.39 is 5.97 Å². The lowest BCUT2D eigenvalue weighted by Gasteiger charge is -2.15. The molecule has 0 aliphatic carbocycles. The molecule has 0 aromatic heterocycles. The fraction of sp³-hybridized carbons (Fsp3) is 0.471. The van der Waals surface area contributed by atoms with E-state index >= 15 is 0 Å². The molecule has 5 nitrogen and oxygen atoms in total. The third-order valence-electron chi connectivity index (χ3n) is 3.41. The number of nitrogens with zero attached hydrogens (tertiary/aromatic N) is 2. The van der Waals surface area contributed by atoms with Gasteiger partial charge in [0, 0.05) is 7.05 Å². The molecule has 0 atom stereocenters. The quantitative estimate of drug-likeness (QED) is 0.367. The molecule has 0 aliphatic rings. The molecule has 0 heterocycles. The van der Waals surface area contributed by atoms with E-state index in [-0.39, 0.29) is 24.0 Å². The predicted molar refractivity (Wildman–Crippen MR) is 94.7 cm³/mol. The molecule has 1 aromatic carbocycles. The Hall–Kier alpha value is -1.82. The normalized spacial score (nSPS) is 11.3. The van der Waals surface area contributed by atoms with Gasteiger partial charge in [-0.15, -0.1) is 11.8 Å². The molecule has 0 N–H and O–H groups in total. The van der Waals surface area contributed by atoms with Gasteiger partial charge in [-0.3, -0.25) is 4.79 Å². The van der Waals surface area contributed by atoms with Gasteiger partial charge in [-0.25, -0.2) is 9.80 Å². The molecular weight excluding hydrogens is 312 g/mol. The summed E-state index contributed by atoms with van der Waals surface area (Å²) >= 11 is 1.16. The summed E-state index contributed by atoms with van der Waals surface area (Å²) in [5, 5.41) is 5.45. The number of hydrogen-bond donors (Lipinski definition) is 0. The number of carbonyl (C=O) groups excluding carboxylic acids is 2. The zero-order valence-electron chi connectivity index (χ0n) is 14.6. The van der Waals surface area contributed by atoms with Crippen LogP contribution in [0.4, 0.5) is 0 Å². The number of benzene rings is 1. The van der Waals surface area contributed by atoms with Crippen LogP contribution in [0.5, 0.6) is 0 Å². The molecule has 0 aliphatic heterocycles. The molecule has 0 saturated carbocycles. The van der Waals surface area contributed by atoms with E-state index in [2.05, 4.69) is 17.2 Å². The third kappa shape index (κ3) is 5.39. The first-order valence-electron chi connectivity index (χ1n) is 7.43. The molecule has 0 spiro atoms. The molecule has 23 heavy (non-hydrogen) atoms. The molecule has 1 amide bonds. The first-order valence-corrected chi connectivity index (χ1v) is 8.65. The smallest absolute Gasteiger partial charge is 0.365 e. The lowest BCUT2D eigenvalue weighted by Crippen LogP contribution is -2.27. The number of rotatable bonds is 4. The van der Waals surface area contributed by atoms with Crippen molar-refractivity contribution in [2.24, 2.45) is 5.10 Å². The minimum atomic E-state index is -0.512. The van der Waals surface area contributed by atoms with Gasteiger partial charge in [-0.05, 0) is 50.6 Å². The number of likely N-dealkylation sites (N-methyl/N-ethyl adjacent to an activating group) is 1. The SMILES string of the molecule is CCOC(=O)/C(=N\N(C)C(=O)Cc1c(C)cc(C)cc1C)SC. The Morgan fingerprint density at radius 3 is 2.26 bits per heavy atom. The van der Waals surface area contributed by atoms with Crippen LogP contribution in [0.15, 0.2) is 17.2 Å². The number of carbonyl (C=O) groups is 2. The van der Waals surface area contributed by atoms with E-state index in [0.717, 1.165) is 28.5 Å². The van der Waals surface area contributed by atoms with Gasteiger partial charge in [0.05, 0.1) is 13.0 Å². The number of thioether (sulfide) groups is 1. The summed E-state index contributed by atoms with van der Waals surface area (Å²) in [4.78, 5) is 24.1. The Kier molecular flexibility index (Phi) is 7.29. The van der Waals surface area contributed by atoms with Crippen LogP contribution in [0.25, 0.3) is 0 Å². The maximum atomic E-state index is 12.4. The first kappa shape index (κ1) is 19.2. The van der Waals surface area contributed by atoms with Gasteiger partial charge in [0.15, 0.2) is 0 Å². The van der Waals surface area contributed by atoms with Gasteiger partial charge in [0.1, 0.15) is 0 Å². The first-order chi connectivity index (χ1) is 10.8. The summed E-state index contributed by atoms with van der Waals surface area (Å²) in [5.74, 6) is -0.682. The van der Waals surface area contributed by atoms with Crippen molar-refractivity contribution in [3.63, 3.8) is 0 Å². The summed E-state index contributed by atoms with van der Waals surface area (Å²) in [6, 6.07) is 4.12. The van der Waals surface area contributed by atoms with Crippen molar-refractivity contribution in [1.29, 1.82) is 0 Å². The van der Waals surface area contributed by atoms with Crippen molar-refractivity contribution >= 4 is 28.7 Å². The fourth-order valence-electron chi connectivity index (χ4n) is 2.30. The Morgan fingerprint density at radius 2 is 1.78 bits per heavy atom. The maximum Gasteiger partial charge on any atom is 0.365 e. The molecule has 0 radical (unpaired) electrons. The molecule has 0 unspecified atom stereocenters. The highest BCUT2D eigenvalue weighted by Crippen LogP contribution is 2.18. The van der Waals surface area contributed by atoms with Crippen molar-refractivity contribution in [2.75, 3.05) is 19.9 Å². The number of ether oxygens (including phenoxy) is 1. The second kappa shape index (κ2) is 8.72. The highest BCUT2D eigenvalue weighted by molar-refractivity contribution is 8.15. The van der Waals surface area contributed by atoms with Crippen LogP contribution in [-0.4, -0.2) is 41.8 Å². The summed E-state index contributed by atoms with van der Waals surface area (Å²) in [6.07, 6.45) is 1.98. The summed E-state index contributed by atoms with van der Waals surface area (Å²) in [7, 11) is 1.55. The van der Waals surface area contributed by atoms with Crippen molar-refractivity contribution in [2.45, 2.75) is 34.1 Å². The second-order valence-electron chi connectivity index (χ2n) is 5.30. The lowest BCUT2D eigenvalue weighted by atomic mass is 9.97. The van der Waals surface area contributed by atoms with Crippen LogP contribution in [0.3, 0.4) is 0 Å². The Labute approximate surface area is 142 Å². The van der Waals surface area contributed by atoms with Crippen LogP contribution in [0, 0.1) is 20.8 Å². The van der Waals surface area contributed by atoms with Gasteiger partial charge in [0.2, 0.25) is 11.0 Å². The zero-order chi connectivity index (χ0) is 17.6. The van der Waals surface area contributed by atoms with Crippen molar-refractivity contribution in [3.8, 4) is 0 Å². The Bertz CT molecular complexity index is 603. The third-order valence-corrected chi connectivity index (χ3v) is 4.05. The topological polar surface area (TPSA) is 59.0 Å². The van der Waals surface area contributed by atoms with Crippen LogP contribution in [0.2, 0.25) is 0 Å². The predicted octanol–water partition coefficient (Wildman–Crippen LogP) is 2.85.